The third-order valence-electron chi connectivity index (χ3n) is 4.43. The van der Waals surface area contributed by atoms with Gasteiger partial charge in [0.15, 0.2) is 0 Å². The maximum atomic E-state index is 12.2. The Morgan fingerprint density at radius 3 is 2.86 bits per heavy atom. The van der Waals surface area contributed by atoms with Crippen LogP contribution >= 0.6 is 0 Å². The normalized spacial score (nSPS) is 23.6. The van der Waals surface area contributed by atoms with Gasteiger partial charge in [-0.15, -0.1) is 0 Å². The first-order valence-corrected chi connectivity index (χ1v) is 8.25. The van der Waals surface area contributed by atoms with Crippen molar-refractivity contribution in [1.82, 2.24) is 24.6 Å². The van der Waals surface area contributed by atoms with Gasteiger partial charge < -0.3 is 9.64 Å². The summed E-state index contributed by atoms with van der Waals surface area (Å²) in [7, 11) is 0. The van der Waals surface area contributed by atoms with E-state index in [1.807, 2.05) is 4.90 Å². The van der Waals surface area contributed by atoms with E-state index in [-0.39, 0.29) is 6.10 Å². The highest BCUT2D eigenvalue weighted by atomic mass is 16.5. The Labute approximate surface area is 131 Å². The van der Waals surface area contributed by atoms with Gasteiger partial charge in [0, 0.05) is 39.1 Å². The molecule has 0 radical (unpaired) electrons. The number of amides is 1. The standard InChI is InChI=1S/C15H25N5O2/c21-15(19-5-2-1-3-6-19)4-7-18-8-9-22-14(10-18)11-20-13-16-12-17-20/h12-14H,1-11H2/t14-/m0/s1. The molecule has 0 N–H and O–H groups in total. The molecular weight excluding hydrogens is 282 g/mol. The number of hydrogen-bond donors (Lipinski definition) is 0. The second kappa shape index (κ2) is 7.69. The number of ether oxygens (including phenoxy) is 1. The van der Waals surface area contributed by atoms with E-state index in [4.69, 9.17) is 4.74 Å². The quantitative estimate of drug-likeness (QED) is 0.787. The SMILES string of the molecule is O=C(CCN1CCO[C@H](Cn2cncn2)C1)N1CCCCC1. The topological polar surface area (TPSA) is 63.5 Å². The van der Waals surface area contributed by atoms with Gasteiger partial charge in [0.1, 0.15) is 12.7 Å². The van der Waals surface area contributed by atoms with Gasteiger partial charge in [0.25, 0.3) is 0 Å². The van der Waals surface area contributed by atoms with Crippen LogP contribution in [0.3, 0.4) is 0 Å². The van der Waals surface area contributed by atoms with E-state index in [2.05, 4.69) is 15.0 Å². The third kappa shape index (κ3) is 4.27. The molecule has 22 heavy (non-hydrogen) atoms. The summed E-state index contributed by atoms with van der Waals surface area (Å²) in [6, 6.07) is 0. The molecule has 0 aromatic carbocycles. The van der Waals surface area contributed by atoms with E-state index in [0.717, 1.165) is 58.7 Å². The highest BCUT2D eigenvalue weighted by Gasteiger charge is 2.23. The smallest absolute Gasteiger partial charge is 0.223 e. The molecule has 1 aromatic heterocycles. The molecule has 1 atom stereocenters. The van der Waals surface area contributed by atoms with Crippen molar-refractivity contribution < 1.29 is 9.53 Å². The van der Waals surface area contributed by atoms with Crippen molar-refractivity contribution in [3.63, 3.8) is 0 Å². The van der Waals surface area contributed by atoms with Gasteiger partial charge in [-0.25, -0.2) is 4.98 Å². The Bertz CT molecular complexity index is 459. The minimum atomic E-state index is 0.125. The Kier molecular flexibility index (Phi) is 5.39. The minimum Gasteiger partial charge on any atom is -0.374 e. The highest BCUT2D eigenvalue weighted by molar-refractivity contribution is 5.76. The summed E-state index contributed by atoms with van der Waals surface area (Å²) in [4.78, 5) is 20.5. The van der Waals surface area contributed by atoms with Crippen molar-refractivity contribution in [1.29, 1.82) is 0 Å². The van der Waals surface area contributed by atoms with Gasteiger partial charge in [-0.05, 0) is 19.3 Å². The maximum absolute atomic E-state index is 12.2. The first-order valence-electron chi connectivity index (χ1n) is 8.25. The van der Waals surface area contributed by atoms with Gasteiger partial charge in [-0.2, -0.15) is 5.10 Å². The van der Waals surface area contributed by atoms with E-state index < -0.39 is 0 Å². The lowest BCUT2D eigenvalue weighted by Crippen LogP contribution is -2.46. The largest absolute Gasteiger partial charge is 0.374 e. The Balaban J connectivity index is 1.41. The third-order valence-corrected chi connectivity index (χ3v) is 4.43. The van der Waals surface area contributed by atoms with Crippen LogP contribution in [0.4, 0.5) is 0 Å². The van der Waals surface area contributed by atoms with E-state index in [9.17, 15) is 4.79 Å². The number of rotatable bonds is 5. The van der Waals surface area contributed by atoms with Crippen LogP contribution in [-0.2, 0) is 16.1 Å². The first-order chi connectivity index (χ1) is 10.8. The van der Waals surface area contributed by atoms with E-state index in [1.165, 1.54) is 12.7 Å². The summed E-state index contributed by atoms with van der Waals surface area (Å²) in [6.45, 7) is 5.91. The first kappa shape index (κ1) is 15.4. The van der Waals surface area contributed by atoms with Gasteiger partial charge in [-0.1, -0.05) is 0 Å². The second-order valence-electron chi connectivity index (χ2n) is 6.10. The summed E-state index contributed by atoms with van der Waals surface area (Å²) < 4.78 is 7.58. The monoisotopic (exact) mass is 307 g/mol. The van der Waals surface area contributed by atoms with Crippen LogP contribution in [0.2, 0.25) is 0 Å². The number of aromatic nitrogens is 3. The maximum Gasteiger partial charge on any atom is 0.223 e. The second-order valence-corrected chi connectivity index (χ2v) is 6.10. The van der Waals surface area contributed by atoms with Crippen LogP contribution in [0, 0.1) is 0 Å². The summed E-state index contributed by atoms with van der Waals surface area (Å²) >= 11 is 0. The predicted octanol–water partition coefficient (Wildman–Crippen LogP) is 0.382. The van der Waals surface area contributed by atoms with Crippen molar-refractivity contribution in [2.24, 2.45) is 0 Å². The molecule has 7 nitrogen and oxygen atoms in total. The van der Waals surface area contributed by atoms with Crippen LogP contribution in [0.5, 0.6) is 0 Å². The zero-order valence-corrected chi connectivity index (χ0v) is 13.1. The van der Waals surface area contributed by atoms with Gasteiger partial charge in [-0.3, -0.25) is 14.4 Å². The molecule has 0 saturated carbocycles. The number of hydrogen-bond acceptors (Lipinski definition) is 5. The fourth-order valence-corrected chi connectivity index (χ4v) is 3.18. The fourth-order valence-electron chi connectivity index (χ4n) is 3.18. The number of carbonyl (C=O) groups excluding carboxylic acids is 1. The van der Waals surface area contributed by atoms with Gasteiger partial charge in [0.2, 0.25) is 5.91 Å². The molecule has 0 aliphatic carbocycles. The summed E-state index contributed by atoms with van der Waals surface area (Å²) in [5.41, 5.74) is 0. The molecule has 0 bridgehead atoms. The number of morpholine rings is 1. The lowest BCUT2D eigenvalue weighted by atomic mass is 10.1. The molecule has 2 fully saturated rings. The molecule has 0 spiro atoms. The Hall–Kier alpha value is -1.47. The number of piperidine rings is 1. The van der Waals surface area contributed by atoms with Crippen molar-refractivity contribution >= 4 is 5.91 Å². The van der Waals surface area contributed by atoms with Gasteiger partial charge in [0.05, 0.1) is 19.3 Å². The molecule has 3 rings (SSSR count). The fraction of sp³-hybridized carbons (Fsp3) is 0.800. The van der Waals surface area contributed by atoms with Crippen LogP contribution in [0.15, 0.2) is 12.7 Å². The van der Waals surface area contributed by atoms with Crippen LogP contribution < -0.4 is 0 Å². The molecule has 1 aromatic rings. The number of carbonyl (C=O) groups is 1. The highest BCUT2D eigenvalue weighted by Crippen LogP contribution is 2.12. The van der Waals surface area contributed by atoms with Gasteiger partial charge >= 0.3 is 0 Å². The average Bonchev–Trinajstić information content (AvgIpc) is 3.07. The van der Waals surface area contributed by atoms with Crippen LogP contribution in [-0.4, -0.2) is 75.9 Å². The van der Waals surface area contributed by atoms with Crippen LogP contribution in [0.1, 0.15) is 25.7 Å². The van der Waals surface area contributed by atoms with Crippen molar-refractivity contribution in [2.75, 3.05) is 39.3 Å². The summed E-state index contributed by atoms with van der Waals surface area (Å²) in [6.07, 6.45) is 7.57. The Morgan fingerprint density at radius 1 is 1.23 bits per heavy atom. The molecular formula is C15H25N5O2. The zero-order valence-electron chi connectivity index (χ0n) is 13.1. The van der Waals surface area contributed by atoms with Crippen molar-refractivity contribution in [3.8, 4) is 0 Å². The molecule has 1 amide bonds. The lowest BCUT2D eigenvalue weighted by Gasteiger charge is -2.33. The van der Waals surface area contributed by atoms with Crippen LogP contribution in [0.25, 0.3) is 0 Å². The summed E-state index contributed by atoms with van der Waals surface area (Å²) in [5, 5.41) is 4.12. The molecule has 7 heteroatoms. The molecule has 2 aliphatic rings. The molecule has 2 aliphatic heterocycles. The Morgan fingerprint density at radius 2 is 2.09 bits per heavy atom. The zero-order chi connectivity index (χ0) is 15.2. The molecule has 3 heterocycles. The number of nitrogens with zero attached hydrogens (tertiary/aromatic N) is 5. The van der Waals surface area contributed by atoms with E-state index in [0.29, 0.717) is 12.3 Å². The van der Waals surface area contributed by atoms with Crippen molar-refractivity contribution in [3.05, 3.63) is 12.7 Å². The number of likely N-dealkylation sites (tertiary alicyclic amines) is 1. The lowest BCUT2D eigenvalue weighted by molar-refractivity contribution is -0.133. The molecule has 122 valence electrons. The summed E-state index contributed by atoms with van der Waals surface area (Å²) in [5.74, 6) is 0.305. The van der Waals surface area contributed by atoms with E-state index >= 15 is 0 Å². The van der Waals surface area contributed by atoms with E-state index in [1.54, 1.807) is 11.0 Å². The predicted molar refractivity (Wildman–Crippen MR) is 81.3 cm³/mol. The minimum absolute atomic E-state index is 0.125. The van der Waals surface area contributed by atoms with Crippen molar-refractivity contribution in [2.45, 2.75) is 38.3 Å². The molecule has 0 unspecified atom stereocenters. The molecule has 2 saturated heterocycles. The average molecular weight is 307 g/mol.